The van der Waals surface area contributed by atoms with E-state index in [1.807, 2.05) is 18.2 Å². The molecule has 33 heavy (non-hydrogen) atoms. The number of carbonyl (C=O) groups excluding carboxylic acids is 1. The van der Waals surface area contributed by atoms with Gasteiger partial charge in [-0.1, -0.05) is 22.9 Å². The molecule has 1 fully saturated rings. The number of methoxy groups -OCH3 is 1. The smallest absolute Gasteiger partial charge is 0.228 e. The van der Waals surface area contributed by atoms with Crippen molar-refractivity contribution in [3.05, 3.63) is 47.5 Å². The van der Waals surface area contributed by atoms with Gasteiger partial charge in [-0.2, -0.15) is 0 Å². The lowest BCUT2D eigenvalue weighted by molar-refractivity contribution is -0.119. The van der Waals surface area contributed by atoms with E-state index in [0.29, 0.717) is 23.3 Å². The Bertz CT molecular complexity index is 1220. The minimum atomic E-state index is -3.49. The van der Waals surface area contributed by atoms with Gasteiger partial charge in [0.15, 0.2) is 15.0 Å². The molecule has 7 nitrogen and oxygen atoms in total. The van der Waals surface area contributed by atoms with Gasteiger partial charge in [0.1, 0.15) is 5.75 Å². The third-order valence-corrected chi connectivity index (χ3v) is 8.61. The summed E-state index contributed by atoms with van der Waals surface area (Å²) in [5.41, 5.74) is 0.784. The van der Waals surface area contributed by atoms with Gasteiger partial charge in [0.25, 0.3) is 0 Å². The highest BCUT2D eigenvalue weighted by molar-refractivity contribution is 7.91. The number of anilines is 1. The third-order valence-electron chi connectivity index (χ3n) is 5.50. The molecule has 0 saturated carbocycles. The predicted molar refractivity (Wildman–Crippen MR) is 130 cm³/mol. The number of sulfone groups is 1. The summed E-state index contributed by atoms with van der Waals surface area (Å²) < 4.78 is 37.2. The Morgan fingerprint density at radius 3 is 2.76 bits per heavy atom. The number of aromatic nitrogens is 1. The number of fused-ring (bicyclic) bond motifs is 1. The van der Waals surface area contributed by atoms with Gasteiger partial charge in [-0.3, -0.25) is 9.69 Å². The van der Waals surface area contributed by atoms with E-state index >= 15 is 0 Å². The van der Waals surface area contributed by atoms with Crippen LogP contribution in [0.3, 0.4) is 0 Å². The highest BCUT2D eigenvalue weighted by Crippen LogP contribution is 2.32. The Labute approximate surface area is 202 Å². The molecule has 1 atom stereocenters. The van der Waals surface area contributed by atoms with Gasteiger partial charge in [-0.15, -0.1) is 0 Å². The fraction of sp³-hybridized carbons (Fsp3) is 0.391. The van der Waals surface area contributed by atoms with Crippen molar-refractivity contribution in [1.29, 1.82) is 0 Å². The molecular formula is C23H25ClN2O5S2. The lowest BCUT2D eigenvalue weighted by atomic mass is 10.2. The molecule has 1 amide bonds. The second-order valence-electron chi connectivity index (χ2n) is 7.85. The van der Waals surface area contributed by atoms with Crippen molar-refractivity contribution in [2.24, 2.45) is 0 Å². The van der Waals surface area contributed by atoms with Crippen LogP contribution < -0.4 is 9.64 Å². The number of nitrogens with zero attached hydrogens (tertiary/aromatic N) is 2. The Morgan fingerprint density at radius 1 is 1.27 bits per heavy atom. The Kier molecular flexibility index (Phi) is 7.53. The quantitative estimate of drug-likeness (QED) is 0.415. The summed E-state index contributed by atoms with van der Waals surface area (Å²) >= 11 is 7.26. The first-order valence-corrected chi connectivity index (χ1v) is 13.6. The molecule has 2 aromatic carbocycles. The summed E-state index contributed by atoms with van der Waals surface area (Å²) in [6, 6.07) is 11.7. The molecule has 1 aliphatic rings. The average molecular weight is 509 g/mol. The van der Waals surface area contributed by atoms with Crippen LogP contribution in [0.25, 0.3) is 10.2 Å². The first-order chi connectivity index (χ1) is 15.9. The molecular weight excluding hydrogens is 484 g/mol. The highest BCUT2D eigenvalue weighted by atomic mass is 35.5. The van der Waals surface area contributed by atoms with Crippen molar-refractivity contribution in [2.75, 3.05) is 30.9 Å². The van der Waals surface area contributed by atoms with Gasteiger partial charge in [0, 0.05) is 18.1 Å². The summed E-state index contributed by atoms with van der Waals surface area (Å²) in [5, 5.41) is 1.06. The summed E-state index contributed by atoms with van der Waals surface area (Å²) in [6.45, 7) is 1.09. The van der Waals surface area contributed by atoms with E-state index in [2.05, 4.69) is 4.98 Å². The highest BCUT2D eigenvalue weighted by Gasteiger charge is 2.26. The van der Waals surface area contributed by atoms with Crippen LogP contribution >= 0.6 is 22.9 Å². The number of thiazole rings is 1. The van der Waals surface area contributed by atoms with E-state index in [1.165, 1.54) is 23.5 Å². The molecule has 4 rings (SSSR count). The molecule has 0 N–H and O–H groups in total. The fourth-order valence-corrected chi connectivity index (χ4v) is 6.18. The van der Waals surface area contributed by atoms with Crippen LogP contribution in [-0.2, 0) is 19.4 Å². The first-order valence-electron chi connectivity index (χ1n) is 10.7. The average Bonchev–Trinajstić information content (AvgIpc) is 3.46. The number of hydrogen-bond donors (Lipinski definition) is 0. The number of benzene rings is 2. The maximum Gasteiger partial charge on any atom is 0.228 e. The van der Waals surface area contributed by atoms with Crippen LogP contribution in [0.1, 0.15) is 25.7 Å². The molecule has 1 unspecified atom stereocenters. The van der Waals surface area contributed by atoms with E-state index in [9.17, 15) is 13.2 Å². The van der Waals surface area contributed by atoms with Crippen LogP contribution in [0, 0.1) is 0 Å². The molecule has 10 heteroatoms. The number of ether oxygens (including phenoxy) is 2. The van der Waals surface area contributed by atoms with Gasteiger partial charge >= 0.3 is 0 Å². The molecule has 1 aromatic heterocycles. The zero-order valence-electron chi connectivity index (χ0n) is 18.2. The number of hydrogen-bond acceptors (Lipinski definition) is 7. The molecule has 1 saturated heterocycles. The topological polar surface area (TPSA) is 85.8 Å². The monoisotopic (exact) mass is 508 g/mol. The SMILES string of the molecule is COc1ccc2nc(N(CC3CCCO3)C(=O)CCCS(=O)(=O)c3ccc(Cl)cc3)sc2c1. The van der Waals surface area contributed by atoms with E-state index in [1.54, 1.807) is 24.1 Å². The zero-order chi connectivity index (χ0) is 23.4. The van der Waals surface area contributed by atoms with E-state index in [-0.39, 0.29) is 35.5 Å². The second kappa shape index (κ2) is 10.4. The van der Waals surface area contributed by atoms with Crippen LogP contribution in [-0.4, -0.2) is 51.4 Å². The number of amides is 1. The minimum Gasteiger partial charge on any atom is -0.497 e. The fourth-order valence-electron chi connectivity index (χ4n) is 3.72. The maximum atomic E-state index is 13.2. The second-order valence-corrected chi connectivity index (χ2v) is 11.4. The van der Waals surface area contributed by atoms with Gasteiger partial charge < -0.3 is 9.47 Å². The summed E-state index contributed by atoms with van der Waals surface area (Å²) in [7, 11) is -1.89. The van der Waals surface area contributed by atoms with E-state index in [4.69, 9.17) is 21.1 Å². The van der Waals surface area contributed by atoms with Crippen LogP contribution in [0.2, 0.25) is 5.02 Å². The van der Waals surface area contributed by atoms with Gasteiger partial charge in [0.05, 0.1) is 40.6 Å². The van der Waals surface area contributed by atoms with Gasteiger partial charge in [0.2, 0.25) is 5.91 Å². The maximum absolute atomic E-state index is 13.2. The predicted octanol–water partition coefficient (Wildman–Crippen LogP) is 4.72. The van der Waals surface area contributed by atoms with Crippen molar-refractivity contribution >= 4 is 54.0 Å². The molecule has 1 aliphatic heterocycles. The van der Waals surface area contributed by atoms with Crippen LogP contribution in [0.5, 0.6) is 5.75 Å². The van der Waals surface area contributed by atoms with Crippen LogP contribution in [0.15, 0.2) is 47.4 Å². The normalized spacial score (nSPS) is 16.2. The van der Waals surface area contributed by atoms with Crippen molar-refractivity contribution in [3.8, 4) is 5.75 Å². The lowest BCUT2D eigenvalue weighted by Crippen LogP contribution is -2.37. The van der Waals surface area contributed by atoms with E-state index < -0.39 is 9.84 Å². The summed E-state index contributed by atoms with van der Waals surface area (Å²) in [4.78, 5) is 19.7. The van der Waals surface area contributed by atoms with Gasteiger partial charge in [-0.25, -0.2) is 13.4 Å². The Balaban J connectivity index is 1.48. The summed E-state index contributed by atoms with van der Waals surface area (Å²) in [5.74, 6) is 0.440. The molecule has 176 valence electrons. The van der Waals surface area contributed by atoms with Crippen molar-refractivity contribution in [3.63, 3.8) is 0 Å². The number of halogens is 1. The summed E-state index contributed by atoms with van der Waals surface area (Å²) in [6.07, 6.45) is 2.10. The van der Waals surface area contributed by atoms with Crippen molar-refractivity contribution in [1.82, 2.24) is 4.98 Å². The molecule has 0 radical (unpaired) electrons. The zero-order valence-corrected chi connectivity index (χ0v) is 20.6. The Morgan fingerprint density at radius 2 is 2.06 bits per heavy atom. The lowest BCUT2D eigenvalue weighted by Gasteiger charge is -2.23. The van der Waals surface area contributed by atoms with Crippen LogP contribution in [0.4, 0.5) is 5.13 Å². The molecule has 0 aliphatic carbocycles. The van der Waals surface area contributed by atoms with Crippen molar-refractivity contribution < 1.29 is 22.7 Å². The molecule has 2 heterocycles. The molecule has 3 aromatic rings. The molecule has 0 bridgehead atoms. The van der Waals surface area contributed by atoms with Crippen molar-refractivity contribution in [2.45, 2.75) is 36.7 Å². The standard InChI is InChI=1S/C23H25ClN2O5S2/c1-30-17-8-11-20-21(14-17)32-23(25-20)26(15-18-4-2-12-31-18)22(27)5-3-13-33(28,29)19-9-6-16(24)7-10-19/h6-11,14,18H,2-5,12-13,15H2,1H3. The van der Waals surface area contributed by atoms with Gasteiger partial charge in [-0.05, 0) is 61.7 Å². The molecule has 0 spiro atoms. The number of carbonyl (C=O) groups is 1. The van der Waals surface area contributed by atoms with E-state index in [0.717, 1.165) is 28.8 Å². The minimum absolute atomic E-state index is 0.0479. The Hall–Kier alpha value is -2.20. The first kappa shape index (κ1) is 23.9. The number of rotatable bonds is 9. The largest absolute Gasteiger partial charge is 0.497 e. The third kappa shape index (κ3) is 5.84.